The summed E-state index contributed by atoms with van der Waals surface area (Å²) in [5, 5.41) is 2.95. The Morgan fingerprint density at radius 1 is 1.36 bits per heavy atom. The molecule has 1 unspecified atom stereocenters. The maximum Gasteiger partial charge on any atom is 0.236 e. The molecule has 1 aromatic carbocycles. The molecule has 2 rings (SSSR count). The molecule has 0 aliphatic heterocycles. The summed E-state index contributed by atoms with van der Waals surface area (Å²) in [6.07, 6.45) is 7.97. The third kappa shape index (κ3) is 5.34. The van der Waals surface area contributed by atoms with Crippen molar-refractivity contribution in [2.24, 2.45) is 11.7 Å². The van der Waals surface area contributed by atoms with E-state index in [2.05, 4.69) is 5.32 Å². The van der Waals surface area contributed by atoms with Gasteiger partial charge in [-0.2, -0.15) is 0 Å². The summed E-state index contributed by atoms with van der Waals surface area (Å²) in [7, 11) is 1.66. The molecule has 0 spiro atoms. The maximum atomic E-state index is 12.1. The minimum Gasteiger partial charge on any atom is -0.497 e. The Hall–Kier alpha value is -1.55. The number of nitrogens with one attached hydrogen (secondary N) is 1. The molecule has 1 saturated carbocycles. The van der Waals surface area contributed by atoms with E-state index in [0.29, 0.717) is 12.5 Å². The van der Waals surface area contributed by atoms with Crippen LogP contribution in [0.4, 0.5) is 0 Å². The van der Waals surface area contributed by atoms with Gasteiger partial charge in [0, 0.05) is 6.54 Å². The molecule has 1 fully saturated rings. The predicted octanol–water partition coefficient (Wildman–Crippen LogP) is 2.65. The summed E-state index contributed by atoms with van der Waals surface area (Å²) in [6, 6.07) is 7.55. The van der Waals surface area contributed by atoms with Gasteiger partial charge in [0.1, 0.15) is 5.75 Å². The zero-order valence-electron chi connectivity index (χ0n) is 13.5. The average molecular weight is 304 g/mol. The molecule has 3 N–H and O–H groups in total. The number of amides is 1. The van der Waals surface area contributed by atoms with Crippen molar-refractivity contribution in [3.63, 3.8) is 0 Å². The summed E-state index contributed by atoms with van der Waals surface area (Å²) in [5.41, 5.74) is 7.19. The second-order valence-corrected chi connectivity index (χ2v) is 6.24. The first kappa shape index (κ1) is 16.8. The summed E-state index contributed by atoms with van der Waals surface area (Å²) in [5.74, 6) is 1.46. The van der Waals surface area contributed by atoms with Crippen molar-refractivity contribution < 1.29 is 9.53 Å². The van der Waals surface area contributed by atoms with E-state index in [9.17, 15) is 4.79 Å². The highest BCUT2D eigenvalue weighted by Gasteiger charge is 2.20. The Bertz CT molecular complexity index is 470. The van der Waals surface area contributed by atoms with Crippen molar-refractivity contribution in [3.05, 3.63) is 29.8 Å². The lowest BCUT2D eigenvalue weighted by Gasteiger charge is -2.24. The Kier molecular flexibility index (Phi) is 6.72. The van der Waals surface area contributed by atoms with E-state index in [-0.39, 0.29) is 11.9 Å². The quantitative estimate of drug-likeness (QED) is 0.814. The summed E-state index contributed by atoms with van der Waals surface area (Å²) >= 11 is 0. The molecule has 1 aromatic rings. The van der Waals surface area contributed by atoms with Gasteiger partial charge in [-0.3, -0.25) is 4.79 Å². The van der Waals surface area contributed by atoms with Gasteiger partial charge in [-0.15, -0.1) is 0 Å². The van der Waals surface area contributed by atoms with Crippen LogP contribution in [0.5, 0.6) is 5.75 Å². The van der Waals surface area contributed by atoms with Crippen LogP contribution in [0.1, 0.15) is 44.1 Å². The lowest BCUT2D eigenvalue weighted by Crippen LogP contribution is -2.42. The van der Waals surface area contributed by atoms with Crippen LogP contribution < -0.4 is 15.8 Å². The minimum atomic E-state index is -0.367. The van der Waals surface area contributed by atoms with Gasteiger partial charge in [-0.05, 0) is 36.5 Å². The lowest BCUT2D eigenvalue weighted by atomic mass is 9.85. The fourth-order valence-electron chi connectivity index (χ4n) is 3.18. The highest BCUT2D eigenvalue weighted by atomic mass is 16.5. The second-order valence-electron chi connectivity index (χ2n) is 6.24. The standard InChI is InChI=1S/C18H28N2O2/c1-22-16-9-5-8-15(12-16)10-11-20-18(21)17(19)13-14-6-3-2-4-7-14/h5,8-9,12,14,17H,2-4,6-7,10-11,13,19H2,1H3,(H,20,21). The molecule has 1 amide bonds. The normalized spacial score (nSPS) is 17.0. The summed E-state index contributed by atoms with van der Waals surface area (Å²) < 4.78 is 5.20. The van der Waals surface area contributed by atoms with Crippen molar-refractivity contribution >= 4 is 5.91 Å². The number of methoxy groups -OCH3 is 1. The van der Waals surface area contributed by atoms with Crippen LogP contribution in [-0.2, 0) is 11.2 Å². The molecule has 4 heteroatoms. The number of carbonyl (C=O) groups is 1. The van der Waals surface area contributed by atoms with E-state index in [1.807, 2.05) is 24.3 Å². The Morgan fingerprint density at radius 3 is 2.86 bits per heavy atom. The average Bonchev–Trinajstić information content (AvgIpc) is 2.56. The Labute approximate surface area is 133 Å². The predicted molar refractivity (Wildman–Crippen MR) is 88.9 cm³/mol. The Morgan fingerprint density at radius 2 is 2.14 bits per heavy atom. The Balaban J connectivity index is 1.69. The molecular formula is C18H28N2O2. The molecule has 0 aromatic heterocycles. The van der Waals surface area contributed by atoms with Crippen molar-refractivity contribution in [1.82, 2.24) is 5.32 Å². The van der Waals surface area contributed by atoms with Crippen molar-refractivity contribution in [3.8, 4) is 5.75 Å². The third-order valence-corrected chi connectivity index (χ3v) is 4.50. The molecule has 22 heavy (non-hydrogen) atoms. The first-order valence-electron chi connectivity index (χ1n) is 8.35. The largest absolute Gasteiger partial charge is 0.497 e. The fourth-order valence-corrected chi connectivity index (χ4v) is 3.18. The molecular weight excluding hydrogens is 276 g/mol. The molecule has 1 aliphatic carbocycles. The first-order valence-corrected chi connectivity index (χ1v) is 8.35. The highest BCUT2D eigenvalue weighted by Crippen LogP contribution is 2.26. The molecule has 1 atom stereocenters. The van der Waals surface area contributed by atoms with Gasteiger partial charge in [-0.25, -0.2) is 0 Å². The minimum absolute atomic E-state index is 0.0199. The van der Waals surface area contributed by atoms with Crippen molar-refractivity contribution in [1.29, 1.82) is 0 Å². The topological polar surface area (TPSA) is 64.3 Å². The molecule has 0 heterocycles. The number of hydrogen-bond acceptors (Lipinski definition) is 3. The van der Waals surface area contributed by atoms with Crippen molar-refractivity contribution in [2.75, 3.05) is 13.7 Å². The first-order chi connectivity index (χ1) is 10.7. The zero-order valence-corrected chi connectivity index (χ0v) is 13.5. The monoisotopic (exact) mass is 304 g/mol. The van der Waals surface area contributed by atoms with Crippen LogP contribution >= 0.6 is 0 Å². The van der Waals surface area contributed by atoms with E-state index in [1.54, 1.807) is 7.11 Å². The van der Waals surface area contributed by atoms with Gasteiger partial charge >= 0.3 is 0 Å². The fraction of sp³-hybridized carbons (Fsp3) is 0.611. The number of hydrogen-bond donors (Lipinski definition) is 2. The van der Waals surface area contributed by atoms with Gasteiger partial charge in [0.15, 0.2) is 0 Å². The molecule has 1 aliphatic rings. The van der Waals surface area contributed by atoms with E-state index in [0.717, 1.165) is 24.2 Å². The smallest absolute Gasteiger partial charge is 0.236 e. The van der Waals surface area contributed by atoms with Crippen LogP contribution in [0.15, 0.2) is 24.3 Å². The zero-order chi connectivity index (χ0) is 15.8. The van der Waals surface area contributed by atoms with Crippen LogP contribution in [0, 0.1) is 5.92 Å². The lowest BCUT2D eigenvalue weighted by molar-refractivity contribution is -0.122. The van der Waals surface area contributed by atoms with Gasteiger partial charge < -0.3 is 15.8 Å². The number of ether oxygens (including phenoxy) is 1. The van der Waals surface area contributed by atoms with Gasteiger partial charge in [-0.1, -0.05) is 44.2 Å². The van der Waals surface area contributed by atoms with E-state index >= 15 is 0 Å². The van der Waals surface area contributed by atoms with E-state index in [4.69, 9.17) is 10.5 Å². The molecule has 0 radical (unpaired) electrons. The SMILES string of the molecule is COc1cccc(CCNC(=O)C(N)CC2CCCCC2)c1. The van der Waals surface area contributed by atoms with Gasteiger partial charge in [0.2, 0.25) is 5.91 Å². The van der Waals surface area contributed by atoms with E-state index in [1.165, 1.54) is 32.1 Å². The second kappa shape index (κ2) is 8.79. The summed E-state index contributed by atoms with van der Waals surface area (Å²) in [6.45, 7) is 0.615. The third-order valence-electron chi connectivity index (χ3n) is 4.50. The number of rotatable bonds is 7. The van der Waals surface area contributed by atoms with Crippen LogP contribution in [0.3, 0.4) is 0 Å². The summed E-state index contributed by atoms with van der Waals surface area (Å²) in [4.78, 5) is 12.1. The molecule has 4 nitrogen and oxygen atoms in total. The molecule has 0 bridgehead atoms. The van der Waals surface area contributed by atoms with Gasteiger partial charge in [0.05, 0.1) is 13.2 Å². The van der Waals surface area contributed by atoms with Crippen LogP contribution in [-0.4, -0.2) is 25.6 Å². The van der Waals surface area contributed by atoms with E-state index < -0.39 is 0 Å². The number of nitrogens with two attached hydrogens (primary N) is 1. The number of benzene rings is 1. The maximum absolute atomic E-state index is 12.1. The molecule has 122 valence electrons. The highest BCUT2D eigenvalue weighted by molar-refractivity contribution is 5.81. The molecule has 0 saturated heterocycles. The van der Waals surface area contributed by atoms with Crippen LogP contribution in [0.2, 0.25) is 0 Å². The van der Waals surface area contributed by atoms with Gasteiger partial charge in [0.25, 0.3) is 0 Å². The van der Waals surface area contributed by atoms with Crippen molar-refractivity contribution in [2.45, 2.75) is 51.0 Å². The number of carbonyl (C=O) groups excluding carboxylic acids is 1. The van der Waals surface area contributed by atoms with Crippen LogP contribution in [0.25, 0.3) is 0 Å².